The summed E-state index contributed by atoms with van der Waals surface area (Å²) in [6.45, 7) is 1.90. The predicted molar refractivity (Wildman–Crippen MR) is 92.7 cm³/mol. The van der Waals surface area contributed by atoms with Gasteiger partial charge in [0.2, 0.25) is 5.82 Å². The van der Waals surface area contributed by atoms with E-state index in [1.165, 1.54) is 0 Å². The van der Waals surface area contributed by atoms with E-state index in [0.717, 1.165) is 0 Å². The van der Waals surface area contributed by atoms with Crippen molar-refractivity contribution in [2.45, 2.75) is 12.5 Å². The third kappa shape index (κ3) is 3.00. The Labute approximate surface area is 153 Å². The van der Waals surface area contributed by atoms with Gasteiger partial charge in [0.15, 0.2) is 23.3 Å². The molecule has 6 heteroatoms. The zero-order chi connectivity index (χ0) is 19.6. The Morgan fingerprint density at radius 3 is 1.37 bits per heavy atom. The minimum atomic E-state index is -2.18. The summed E-state index contributed by atoms with van der Waals surface area (Å²) in [5.74, 6) is -9.85. The molecule has 0 fully saturated rings. The van der Waals surface area contributed by atoms with Gasteiger partial charge in [-0.15, -0.1) is 0 Å². The second-order valence-corrected chi connectivity index (χ2v) is 5.96. The van der Waals surface area contributed by atoms with Crippen molar-refractivity contribution in [2.24, 2.45) is 0 Å². The van der Waals surface area contributed by atoms with Crippen LogP contribution in [0.1, 0.15) is 23.6 Å². The molecule has 3 aromatic carbocycles. The Kier molecular flexibility index (Phi) is 5.28. The van der Waals surface area contributed by atoms with Crippen LogP contribution in [0.3, 0.4) is 0 Å². The molecule has 0 atom stereocenters. The third-order valence-corrected chi connectivity index (χ3v) is 4.44. The van der Waals surface area contributed by atoms with Crippen LogP contribution in [0.4, 0.5) is 22.0 Å². The van der Waals surface area contributed by atoms with Crippen molar-refractivity contribution in [3.05, 3.63) is 106 Å². The van der Waals surface area contributed by atoms with Crippen LogP contribution < -0.4 is 5.32 Å². The van der Waals surface area contributed by atoms with Crippen molar-refractivity contribution in [1.29, 1.82) is 0 Å². The molecule has 0 spiro atoms. The lowest BCUT2D eigenvalue weighted by molar-refractivity contribution is 0.344. The molecule has 0 bridgehead atoms. The Morgan fingerprint density at radius 1 is 0.630 bits per heavy atom. The lowest BCUT2D eigenvalue weighted by atomic mass is 9.76. The molecule has 0 aliphatic heterocycles. The Morgan fingerprint density at radius 2 is 1.00 bits per heavy atom. The van der Waals surface area contributed by atoms with Crippen molar-refractivity contribution in [3.63, 3.8) is 0 Å². The highest BCUT2D eigenvalue weighted by molar-refractivity contribution is 5.51. The van der Waals surface area contributed by atoms with E-state index >= 15 is 0 Å². The molecular formula is C21H16F5N. The van der Waals surface area contributed by atoms with E-state index in [2.05, 4.69) is 5.32 Å². The van der Waals surface area contributed by atoms with Crippen molar-refractivity contribution in [2.75, 3.05) is 6.54 Å². The van der Waals surface area contributed by atoms with Crippen LogP contribution in [-0.2, 0) is 5.54 Å². The van der Waals surface area contributed by atoms with Crippen LogP contribution in [0.15, 0.2) is 60.7 Å². The number of hydrogen-bond donors (Lipinski definition) is 1. The quantitative estimate of drug-likeness (QED) is 0.276. The summed E-state index contributed by atoms with van der Waals surface area (Å²) in [7, 11) is 0. The second-order valence-electron chi connectivity index (χ2n) is 5.96. The first kappa shape index (κ1) is 19.0. The summed E-state index contributed by atoms with van der Waals surface area (Å²) >= 11 is 0. The van der Waals surface area contributed by atoms with Crippen LogP contribution in [0.5, 0.6) is 0 Å². The Bertz CT molecular complexity index is 873. The van der Waals surface area contributed by atoms with Gasteiger partial charge in [-0.25, -0.2) is 22.0 Å². The number of hydrogen-bond acceptors (Lipinski definition) is 1. The largest absolute Gasteiger partial charge is 0.300 e. The summed E-state index contributed by atoms with van der Waals surface area (Å²) in [4.78, 5) is 0. The maximum Gasteiger partial charge on any atom is 0.200 e. The molecule has 3 aromatic rings. The van der Waals surface area contributed by atoms with E-state index in [4.69, 9.17) is 0 Å². The SMILES string of the molecule is CCNC(c1ccccc1)(c1ccccc1)c1c(F)c(F)c(F)c(F)c1F. The summed E-state index contributed by atoms with van der Waals surface area (Å²) < 4.78 is 71.3. The standard InChI is InChI=1S/C21H16F5N/c1-2-27-21(13-9-5-3-6-10-13,14-11-7-4-8-12-14)15-16(22)18(24)20(26)19(25)17(15)23/h3-12,27H,2H2,1H3. The minimum absolute atomic E-state index is 0.212. The average molecular weight is 377 g/mol. The Balaban J connectivity index is 2.50. The van der Waals surface area contributed by atoms with Gasteiger partial charge in [-0.1, -0.05) is 67.6 Å². The molecule has 0 radical (unpaired) electrons. The topological polar surface area (TPSA) is 12.0 Å². The molecule has 0 aromatic heterocycles. The molecule has 0 saturated carbocycles. The highest BCUT2D eigenvalue weighted by Crippen LogP contribution is 2.41. The van der Waals surface area contributed by atoms with Crippen LogP contribution in [0, 0.1) is 29.1 Å². The van der Waals surface area contributed by atoms with Crippen molar-refractivity contribution in [1.82, 2.24) is 5.32 Å². The van der Waals surface area contributed by atoms with E-state index in [1.807, 2.05) is 0 Å². The van der Waals surface area contributed by atoms with Gasteiger partial charge >= 0.3 is 0 Å². The smallest absolute Gasteiger partial charge is 0.200 e. The lowest BCUT2D eigenvalue weighted by Crippen LogP contribution is -2.46. The molecule has 0 heterocycles. The van der Waals surface area contributed by atoms with E-state index in [9.17, 15) is 22.0 Å². The molecule has 0 saturated heterocycles. The number of benzene rings is 3. The molecule has 1 N–H and O–H groups in total. The maximum absolute atomic E-state index is 14.8. The molecule has 27 heavy (non-hydrogen) atoms. The molecule has 0 aliphatic carbocycles. The van der Waals surface area contributed by atoms with E-state index in [0.29, 0.717) is 11.1 Å². The fourth-order valence-corrected chi connectivity index (χ4v) is 3.32. The first-order valence-electron chi connectivity index (χ1n) is 8.33. The normalized spacial score (nSPS) is 11.6. The number of nitrogens with one attached hydrogen (secondary N) is 1. The Hall–Kier alpha value is -2.73. The van der Waals surface area contributed by atoms with Crippen molar-refractivity contribution < 1.29 is 22.0 Å². The summed E-state index contributed by atoms with van der Waals surface area (Å²) in [6, 6.07) is 16.2. The number of rotatable bonds is 5. The van der Waals surface area contributed by atoms with E-state index in [1.54, 1.807) is 67.6 Å². The van der Waals surface area contributed by atoms with Crippen LogP contribution in [-0.4, -0.2) is 6.54 Å². The zero-order valence-electron chi connectivity index (χ0n) is 14.4. The summed E-state index contributed by atoms with van der Waals surface area (Å²) in [5.41, 5.74) is -2.00. The van der Waals surface area contributed by atoms with Crippen LogP contribution in [0.2, 0.25) is 0 Å². The third-order valence-electron chi connectivity index (χ3n) is 4.44. The lowest BCUT2D eigenvalue weighted by Gasteiger charge is -2.37. The van der Waals surface area contributed by atoms with Gasteiger partial charge in [0.1, 0.15) is 5.54 Å². The van der Waals surface area contributed by atoms with E-state index in [-0.39, 0.29) is 6.54 Å². The van der Waals surface area contributed by atoms with Crippen LogP contribution in [0.25, 0.3) is 0 Å². The first-order chi connectivity index (χ1) is 12.9. The number of halogens is 5. The molecular weight excluding hydrogens is 361 g/mol. The van der Waals surface area contributed by atoms with Gasteiger partial charge in [0.05, 0.1) is 5.56 Å². The summed E-state index contributed by atoms with van der Waals surface area (Å²) in [5, 5.41) is 2.96. The predicted octanol–water partition coefficient (Wildman–Crippen LogP) is 5.28. The van der Waals surface area contributed by atoms with Gasteiger partial charge in [-0.3, -0.25) is 0 Å². The van der Waals surface area contributed by atoms with Gasteiger partial charge in [-0.05, 0) is 17.7 Å². The van der Waals surface area contributed by atoms with Crippen LogP contribution >= 0.6 is 0 Å². The van der Waals surface area contributed by atoms with Gasteiger partial charge < -0.3 is 5.32 Å². The molecule has 0 amide bonds. The maximum atomic E-state index is 14.8. The van der Waals surface area contributed by atoms with Gasteiger partial charge in [-0.2, -0.15) is 0 Å². The van der Waals surface area contributed by atoms with E-state index < -0.39 is 40.2 Å². The molecule has 0 unspecified atom stereocenters. The highest BCUT2D eigenvalue weighted by atomic mass is 19.2. The second kappa shape index (κ2) is 7.48. The molecule has 140 valence electrons. The molecule has 0 aliphatic rings. The highest BCUT2D eigenvalue weighted by Gasteiger charge is 2.43. The fourth-order valence-electron chi connectivity index (χ4n) is 3.32. The zero-order valence-corrected chi connectivity index (χ0v) is 14.4. The van der Waals surface area contributed by atoms with Gasteiger partial charge in [0, 0.05) is 0 Å². The first-order valence-corrected chi connectivity index (χ1v) is 8.33. The van der Waals surface area contributed by atoms with Gasteiger partial charge in [0.25, 0.3) is 0 Å². The minimum Gasteiger partial charge on any atom is -0.300 e. The van der Waals surface area contributed by atoms with Crippen molar-refractivity contribution in [3.8, 4) is 0 Å². The summed E-state index contributed by atoms with van der Waals surface area (Å²) in [6.07, 6.45) is 0. The van der Waals surface area contributed by atoms with Crippen molar-refractivity contribution >= 4 is 0 Å². The average Bonchev–Trinajstić information content (AvgIpc) is 2.71. The molecule has 1 nitrogen and oxygen atoms in total. The monoisotopic (exact) mass is 377 g/mol. The fraction of sp³-hybridized carbons (Fsp3) is 0.143. The molecule has 3 rings (SSSR count).